The van der Waals surface area contributed by atoms with Gasteiger partial charge in [-0.15, -0.1) is 0 Å². The molecular formula is C15H28N4O. The molecule has 114 valence electrons. The molecule has 1 aromatic heterocycles. The lowest BCUT2D eigenvalue weighted by atomic mass is 9.89. The van der Waals surface area contributed by atoms with Crippen molar-refractivity contribution in [1.29, 1.82) is 0 Å². The largest absolute Gasteiger partial charge is 0.381 e. The molecule has 20 heavy (non-hydrogen) atoms. The number of hydrogen-bond donors (Lipinski definition) is 2. The third-order valence-electron chi connectivity index (χ3n) is 4.46. The molecule has 0 aliphatic carbocycles. The van der Waals surface area contributed by atoms with Crippen LogP contribution in [0.3, 0.4) is 0 Å². The van der Waals surface area contributed by atoms with Gasteiger partial charge in [-0.2, -0.15) is 5.10 Å². The van der Waals surface area contributed by atoms with E-state index in [0.29, 0.717) is 18.0 Å². The summed E-state index contributed by atoms with van der Waals surface area (Å²) in [5.41, 5.74) is 4.11. The molecule has 5 nitrogen and oxygen atoms in total. The van der Waals surface area contributed by atoms with Gasteiger partial charge in [0.2, 0.25) is 0 Å². The minimum Gasteiger partial charge on any atom is -0.381 e. The number of nitrogens with one attached hydrogen (secondary N) is 1. The van der Waals surface area contributed by atoms with Gasteiger partial charge < -0.3 is 4.74 Å². The van der Waals surface area contributed by atoms with E-state index in [0.717, 1.165) is 51.0 Å². The van der Waals surface area contributed by atoms with Gasteiger partial charge in [-0.3, -0.25) is 16.0 Å². The zero-order valence-corrected chi connectivity index (χ0v) is 12.7. The van der Waals surface area contributed by atoms with Crippen LogP contribution in [0.2, 0.25) is 0 Å². The number of nitrogens with zero attached hydrogens (tertiary/aromatic N) is 2. The number of nitrogens with two attached hydrogens (primary N) is 1. The predicted octanol–water partition coefficient (Wildman–Crippen LogP) is 2.05. The maximum atomic E-state index is 5.75. The summed E-state index contributed by atoms with van der Waals surface area (Å²) in [5.74, 6) is 6.33. The highest BCUT2D eigenvalue weighted by Gasteiger charge is 2.24. The van der Waals surface area contributed by atoms with Gasteiger partial charge in [-0.05, 0) is 37.7 Å². The molecular weight excluding hydrogens is 252 g/mol. The Hall–Kier alpha value is -0.910. The van der Waals surface area contributed by atoms with Crippen LogP contribution in [-0.4, -0.2) is 29.0 Å². The van der Waals surface area contributed by atoms with Gasteiger partial charge in [0.25, 0.3) is 0 Å². The second-order valence-corrected chi connectivity index (χ2v) is 5.68. The predicted molar refractivity (Wildman–Crippen MR) is 80.2 cm³/mol. The molecule has 2 rings (SSSR count). The molecule has 0 bridgehead atoms. The summed E-state index contributed by atoms with van der Waals surface area (Å²) in [6.07, 6.45) is 7.41. The standard InChI is InChI=1S/C15H28N4O/c1-3-14(4-2)19-8-5-13(18-19)11-15(17-16)12-6-9-20-10-7-12/h5,8,12,14-15,17H,3-4,6-7,9-11,16H2,1-2H3. The number of hydrogen-bond acceptors (Lipinski definition) is 4. The van der Waals surface area contributed by atoms with Crippen LogP contribution in [0.1, 0.15) is 51.3 Å². The summed E-state index contributed by atoms with van der Waals surface area (Å²) in [4.78, 5) is 0. The maximum Gasteiger partial charge on any atom is 0.0640 e. The van der Waals surface area contributed by atoms with Gasteiger partial charge in [0.15, 0.2) is 0 Å². The van der Waals surface area contributed by atoms with Crippen molar-refractivity contribution in [2.75, 3.05) is 13.2 Å². The monoisotopic (exact) mass is 280 g/mol. The van der Waals surface area contributed by atoms with Crippen molar-refractivity contribution in [2.24, 2.45) is 11.8 Å². The zero-order chi connectivity index (χ0) is 14.4. The summed E-state index contributed by atoms with van der Waals surface area (Å²) in [6.45, 7) is 6.12. The fraction of sp³-hybridized carbons (Fsp3) is 0.800. The van der Waals surface area contributed by atoms with E-state index in [2.05, 4.69) is 36.2 Å². The lowest BCUT2D eigenvalue weighted by molar-refractivity contribution is 0.0536. The highest BCUT2D eigenvalue weighted by atomic mass is 16.5. The van der Waals surface area contributed by atoms with Crippen molar-refractivity contribution in [3.8, 4) is 0 Å². The van der Waals surface area contributed by atoms with Crippen molar-refractivity contribution in [3.05, 3.63) is 18.0 Å². The Morgan fingerprint density at radius 3 is 2.70 bits per heavy atom. The van der Waals surface area contributed by atoms with Crippen LogP contribution in [0.15, 0.2) is 12.3 Å². The van der Waals surface area contributed by atoms with E-state index >= 15 is 0 Å². The molecule has 1 aliphatic heterocycles. The molecule has 1 fully saturated rings. The number of rotatable bonds is 7. The molecule has 2 heterocycles. The first-order valence-corrected chi connectivity index (χ1v) is 7.86. The first-order chi connectivity index (χ1) is 9.78. The van der Waals surface area contributed by atoms with Gasteiger partial charge in [0.05, 0.1) is 11.7 Å². The third kappa shape index (κ3) is 3.81. The fourth-order valence-electron chi connectivity index (χ4n) is 3.06. The fourth-order valence-corrected chi connectivity index (χ4v) is 3.06. The van der Waals surface area contributed by atoms with Crippen LogP contribution < -0.4 is 11.3 Å². The summed E-state index contributed by atoms with van der Waals surface area (Å²) in [5, 5.41) is 4.72. The van der Waals surface area contributed by atoms with E-state index < -0.39 is 0 Å². The van der Waals surface area contributed by atoms with E-state index in [-0.39, 0.29) is 0 Å². The highest BCUT2D eigenvalue weighted by molar-refractivity contribution is 5.03. The minimum atomic E-state index is 0.295. The molecule has 3 N–H and O–H groups in total. The van der Waals surface area contributed by atoms with Gasteiger partial charge in [0.1, 0.15) is 0 Å². The summed E-state index contributed by atoms with van der Waals surface area (Å²) in [6, 6.07) is 2.93. The van der Waals surface area contributed by atoms with Crippen molar-refractivity contribution >= 4 is 0 Å². The Kier molecular flexibility index (Phi) is 6.01. The molecule has 1 aromatic rings. The second-order valence-electron chi connectivity index (χ2n) is 5.68. The van der Waals surface area contributed by atoms with Gasteiger partial charge in [-0.1, -0.05) is 13.8 Å². The molecule has 1 atom stereocenters. The Morgan fingerprint density at radius 2 is 2.10 bits per heavy atom. The topological polar surface area (TPSA) is 65.1 Å². The first-order valence-electron chi connectivity index (χ1n) is 7.86. The zero-order valence-electron chi connectivity index (χ0n) is 12.7. The lowest BCUT2D eigenvalue weighted by Gasteiger charge is -2.29. The molecule has 1 aliphatic rings. The molecule has 5 heteroatoms. The van der Waals surface area contributed by atoms with E-state index in [4.69, 9.17) is 15.7 Å². The lowest BCUT2D eigenvalue weighted by Crippen LogP contribution is -2.44. The third-order valence-corrected chi connectivity index (χ3v) is 4.46. The minimum absolute atomic E-state index is 0.295. The first kappa shape index (κ1) is 15.5. The van der Waals surface area contributed by atoms with Crippen LogP contribution in [0.5, 0.6) is 0 Å². The normalized spacial score (nSPS) is 18.6. The van der Waals surface area contributed by atoms with Crippen LogP contribution in [0.4, 0.5) is 0 Å². The van der Waals surface area contributed by atoms with Gasteiger partial charge in [-0.25, -0.2) is 0 Å². The summed E-state index contributed by atoms with van der Waals surface area (Å²) in [7, 11) is 0. The quantitative estimate of drug-likeness (QED) is 0.592. The van der Waals surface area contributed by atoms with Gasteiger partial charge >= 0.3 is 0 Å². The average molecular weight is 280 g/mol. The van der Waals surface area contributed by atoms with E-state index in [9.17, 15) is 0 Å². The molecule has 0 aromatic carbocycles. The van der Waals surface area contributed by atoms with Crippen LogP contribution >= 0.6 is 0 Å². The highest BCUT2D eigenvalue weighted by Crippen LogP contribution is 2.21. The van der Waals surface area contributed by atoms with E-state index in [1.807, 2.05) is 0 Å². The average Bonchev–Trinajstić information content (AvgIpc) is 2.95. The summed E-state index contributed by atoms with van der Waals surface area (Å²) < 4.78 is 7.52. The summed E-state index contributed by atoms with van der Waals surface area (Å²) >= 11 is 0. The molecule has 0 saturated carbocycles. The molecule has 0 spiro atoms. The Bertz CT molecular complexity index is 383. The molecule has 1 unspecified atom stereocenters. The number of ether oxygens (including phenoxy) is 1. The SMILES string of the molecule is CCC(CC)n1ccc(CC(NN)C2CCOCC2)n1. The van der Waals surface area contributed by atoms with Crippen molar-refractivity contribution in [3.63, 3.8) is 0 Å². The Labute approximate surface area is 121 Å². The molecule has 1 saturated heterocycles. The second kappa shape index (κ2) is 7.76. The van der Waals surface area contributed by atoms with Crippen molar-refractivity contribution in [2.45, 2.75) is 58.0 Å². The Morgan fingerprint density at radius 1 is 1.40 bits per heavy atom. The van der Waals surface area contributed by atoms with Crippen molar-refractivity contribution < 1.29 is 4.74 Å². The maximum absolute atomic E-state index is 5.75. The molecule has 0 amide bonds. The van der Waals surface area contributed by atoms with Crippen LogP contribution in [-0.2, 0) is 11.2 Å². The van der Waals surface area contributed by atoms with Gasteiger partial charge in [0, 0.05) is 31.9 Å². The molecule has 0 radical (unpaired) electrons. The number of hydrazine groups is 1. The van der Waals surface area contributed by atoms with E-state index in [1.165, 1.54) is 0 Å². The van der Waals surface area contributed by atoms with Crippen LogP contribution in [0, 0.1) is 5.92 Å². The van der Waals surface area contributed by atoms with Crippen molar-refractivity contribution in [1.82, 2.24) is 15.2 Å². The van der Waals surface area contributed by atoms with Crippen LogP contribution in [0.25, 0.3) is 0 Å². The van der Waals surface area contributed by atoms with E-state index in [1.54, 1.807) is 0 Å². The Balaban J connectivity index is 1.96. The smallest absolute Gasteiger partial charge is 0.0640 e. The number of aromatic nitrogens is 2.